The molecule has 0 fully saturated rings. The van der Waals surface area contributed by atoms with Gasteiger partial charge in [-0.2, -0.15) is 0 Å². The van der Waals surface area contributed by atoms with E-state index in [2.05, 4.69) is 6.92 Å². The summed E-state index contributed by atoms with van der Waals surface area (Å²) in [7, 11) is 0. The normalized spacial score (nSPS) is 19.0. The number of carboxylic acid groups (broad SMARTS) is 1. The highest BCUT2D eigenvalue weighted by Crippen LogP contribution is 2.30. The third kappa shape index (κ3) is 8.44. The van der Waals surface area contributed by atoms with E-state index >= 15 is 0 Å². The molecule has 4 heteroatoms. The first kappa shape index (κ1) is 20.6. The average molecular weight is 336 g/mol. The zero-order valence-corrected chi connectivity index (χ0v) is 14.9. The predicted octanol–water partition coefficient (Wildman–Crippen LogP) is 4.42. The van der Waals surface area contributed by atoms with Crippen LogP contribution in [0.1, 0.15) is 77.6 Å². The van der Waals surface area contributed by atoms with Crippen LogP contribution in [0.25, 0.3) is 0 Å². The van der Waals surface area contributed by atoms with Gasteiger partial charge < -0.3 is 10.2 Å². The number of allylic oxidation sites excluding steroid dienone is 4. The Morgan fingerprint density at radius 3 is 2.79 bits per heavy atom. The summed E-state index contributed by atoms with van der Waals surface area (Å²) in [4.78, 5) is 22.5. The molecule has 1 aliphatic rings. The number of Topliss-reactive ketones (excluding diaryl/α,β-unsaturated/α-hetero) is 1. The molecule has 0 spiro atoms. The molecule has 0 unspecified atom stereocenters. The number of aliphatic carboxylic acids is 1. The van der Waals surface area contributed by atoms with Gasteiger partial charge in [0.1, 0.15) is 5.78 Å². The van der Waals surface area contributed by atoms with Crippen LogP contribution in [0.4, 0.5) is 0 Å². The average Bonchev–Trinajstić information content (AvgIpc) is 2.89. The van der Waals surface area contributed by atoms with Crippen molar-refractivity contribution in [2.24, 2.45) is 5.92 Å². The van der Waals surface area contributed by atoms with Gasteiger partial charge >= 0.3 is 5.97 Å². The summed E-state index contributed by atoms with van der Waals surface area (Å²) >= 11 is 0. The highest BCUT2D eigenvalue weighted by atomic mass is 16.4. The number of unbranched alkanes of at least 4 members (excludes halogenated alkanes) is 3. The number of ketones is 1. The van der Waals surface area contributed by atoms with Crippen molar-refractivity contribution in [1.82, 2.24) is 0 Å². The van der Waals surface area contributed by atoms with Gasteiger partial charge in [0.25, 0.3) is 0 Å². The topological polar surface area (TPSA) is 74.6 Å². The molecule has 0 amide bonds. The molecule has 0 aliphatic heterocycles. The summed E-state index contributed by atoms with van der Waals surface area (Å²) < 4.78 is 0. The number of rotatable bonds is 13. The van der Waals surface area contributed by atoms with Crippen molar-refractivity contribution in [2.75, 3.05) is 0 Å². The standard InChI is InChI=1S/C20H32O4/c1-2-3-6-9-17(21)14-12-16-13-15-19(22)18(16)10-7-4-5-8-11-20(23)24/h4,7,13,17-18,21H,2-3,5-6,8-12,14-15H2,1H3,(H,23,24)/b7-4-/t17-,18-/m1/s1. The summed E-state index contributed by atoms with van der Waals surface area (Å²) in [6.45, 7) is 2.15. The monoisotopic (exact) mass is 336 g/mol. The lowest BCUT2D eigenvalue weighted by atomic mass is 9.91. The molecule has 0 aromatic heterocycles. The minimum atomic E-state index is -0.767. The highest BCUT2D eigenvalue weighted by molar-refractivity contribution is 5.88. The van der Waals surface area contributed by atoms with Gasteiger partial charge in [-0.3, -0.25) is 9.59 Å². The van der Waals surface area contributed by atoms with Crippen LogP contribution >= 0.6 is 0 Å². The van der Waals surface area contributed by atoms with E-state index in [4.69, 9.17) is 5.11 Å². The Morgan fingerprint density at radius 1 is 1.29 bits per heavy atom. The van der Waals surface area contributed by atoms with E-state index in [0.717, 1.165) is 44.9 Å². The zero-order valence-electron chi connectivity index (χ0n) is 14.9. The lowest BCUT2D eigenvalue weighted by molar-refractivity contribution is -0.137. The Bertz CT molecular complexity index is 451. The number of carboxylic acids is 1. The first-order chi connectivity index (χ1) is 11.5. The van der Waals surface area contributed by atoms with Crippen molar-refractivity contribution >= 4 is 11.8 Å². The largest absolute Gasteiger partial charge is 0.481 e. The molecule has 4 nitrogen and oxygen atoms in total. The zero-order chi connectivity index (χ0) is 17.8. The Hall–Kier alpha value is -1.42. The SMILES string of the molecule is CCCCC[C@@H](O)CCC1=CCC(=O)[C@@H]1C/C=C\CCCC(=O)O. The number of aliphatic hydroxyl groups excluding tert-OH is 1. The first-order valence-electron chi connectivity index (χ1n) is 9.31. The molecule has 0 heterocycles. The molecule has 1 rings (SSSR count). The summed E-state index contributed by atoms with van der Waals surface area (Å²) in [5.74, 6) is -0.540. The molecule has 0 saturated heterocycles. The van der Waals surface area contributed by atoms with Gasteiger partial charge in [-0.1, -0.05) is 50.0 Å². The van der Waals surface area contributed by atoms with Crippen LogP contribution < -0.4 is 0 Å². The van der Waals surface area contributed by atoms with E-state index in [9.17, 15) is 14.7 Å². The van der Waals surface area contributed by atoms with Gasteiger partial charge in [0, 0.05) is 18.8 Å². The van der Waals surface area contributed by atoms with Crippen molar-refractivity contribution < 1.29 is 19.8 Å². The molecule has 0 saturated carbocycles. The fourth-order valence-corrected chi connectivity index (χ4v) is 3.11. The second-order valence-corrected chi connectivity index (χ2v) is 6.68. The van der Waals surface area contributed by atoms with Crippen LogP contribution in [-0.4, -0.2) is 28.1 Å². The van der Waals surface area contributed by atoms with Gasteiger partial charge in [-0.05, 0) is 38.5 Å². The van der Waals surface area contributed by atoms with E-state index in [1.807, 2.05) is 18.2 Å². The van der Waals surface area contributed by atoms with Crippen LogP contribution in [0.3, 0.4) is 0 Å². The third-order valence-electron chi connectivity index (χ3n) is 4.61. The van der Waals surface area contributed by atoms with Crippen LogP contribution in [0, 0.1) is 5.92 Å². The Labute approximate surface area is 145 Å². The molecule has 0 aromatic carbocycles. The number of carbonyl (C=O) groups excluding carboxylic acids is 1. The quantitative estimate of drug-likeness (QED) is 0.385. The molecule has 2 atom stereocenters. The van der Waals surface area contributed by atoms with Crippen LogP contribution in [0.15, 0.2) is 23.8 Å². The smallest absolute Gasteiger partial charge is 0.303 e. The van der Waals surface area contributed by atoms with Crippen molar-refractivity contribution in [1.29, 1.82) is 0 Å². The summed E-state index contributed by atoms with van der Waals surface area (Å²) in [6, 6.07) is 0. The van der Waals surface area contributed by atoms with Crippen molar-refractivity contribution in [2.45, 2.75) is 83.7 Å². The minimum Gasteiger partial charge on any atom is -0.481 e. The molecule has 1 aliphatic carbocycles. The van der Waals surface area contributed by atoms with E-state index in [1.165, 1.54) is 5.57 Å². The summed E-state index contributed by atoms with van der Waals surface area (Å²) in [5.41, 5.74) is 1.17. The van der Waals surface area contributed by atoms with E-state index in [0.29, 0.717) is 19.3 Å². The molecule has 0 bridgehead atoms. The molecule has 0 aromatic rings. The fraction of sp³-hybridized carbons (Fsp3) is 0.700. The van der Waals surface area contributed by atoms with Gasteiger partial charge in [0.05, 0.1) is 6.10 Å². The van der Waals surface area contributed by atoms with Crippen molar-refractivity contribution in [3.05, 3.63) is 23.8 Å². The van der Waals surface area contributed by atoms with E-state index in [1.54, 1.807) is 0 Å². The molecule has 136 valence electrons. The minimum absolute atomic E-state index is 0.0384. The van der Waals surface area contributed by atoms with Gasteiger partial charge in [-0.25, -0.2) is 0 Å². The van der Waals surface area contributed by atoms with E-state index in [-0.39, 0.29) is 24.2 Å². The molecule has 24 heavy (non-hydrogen) atoms. The second-order valence-electron chi connectivity index (χ2n) is 6.68. The maximum absolute atomic E-state index is 12.0. The highest BCUT2D eigenvalue weighted by Gasteiger charge is 2.26. The Kier molecular flexibility index (Phi) is 10.3. The number of hydrogen-bond donors (Lipinski definition) is 2. The van der Waals surface area contributed by atoms with Crippen molar-refractivity contribution in [3.8, 4) is 0 Å². The molecule has 2 N–H and O–H groups in total. The number of hydrogen-bond acceptors (Lipinski definition) is 3. The van der Waals surface area contributed by atoms with Crippen LogP contribution in [0.2, 0.25) is 0 Å². The Balaban J connectivity index is 2.30. The second kappa shape index (κ2) is 12.0. The summed E-state index contributed by atoms with van der Waals surface area (Å²) in [5, 5.41) is 18.6. The number of aliphatic hydroxyl groups is 1. The maximum atomic E-state index is 12.0. The first-order valence-corrected chi connectivity index (χ1v) is 9.31. The molecule has 0 radical (unpaired) electrons. The van der Waals surface area contributed by atoms with Gasteiger partial charge in [-0.15, -0.1) is 0 Å². The fourth-order valence-electron chi connectivity index (χ4n) is 3.11. The third-order valence-corrected chi connectivity index (χ3v) is 4.61. The lowest BCUT2D eigenvalue weighted by Gasteiger charge is -2.15. The predicted molar refractivity (Wildman–Crippen MR) is 95.8 cm³/mol. The molecular weight excluding hydrogens is 304 g/mol. The molecular formula is C20H32O4. The van der Waals surface area contributed by atoms with E-state index < -0.39 is 5.97 Å². The van der Waals surface area contributed by atoms with Crippen LogP contribution in [0.5, 0.6) is 0 Å². The van der Waals surface area contributed by atoms with Crippen LogP contribution in [-0.2, 0) is 9.59 Å². The number of carbonyl (C=O) groups is 2. The summed E-state index contributed by atoms with van der Waals surface area (Å²) in [6.07, 6.45) is 14.3. The lowest BCUT2D eigenvalue weighted by Crippen LogP contribution is -2.12. The van der Waals surface area contributed by atoms with Gasteiger partial charge in [0.15, 0.2) is 0 Å². The van der Waals surface area contributed by atoms with Gasteiger partial charge in [0.2, 0.25) is 0 Å². The van der Waals surface area contributed by atoms with Crippen molar-refractivity contribution in [3.63, 3.8) is 0 Å². The Morgan fingerprint density at radius 2 is 2.08 bits per heavy atom. The maximum Gasteiger partial charge on any atom is 0.303 e.